The highest BCUT2D eigenvalue weighted by molar-refractivity contribution is 5.91. The molecule has 0 fully saturated rings. The fourth-order valence-corrected chi connectivity index (χ4v) is 4.26. The van der Waals surface area contributed by atoms with Gasteiger partial charge in [0.1, 0.15) is 0 Å². The van der Waals surface area contributed by atoms with Gasteiger partial charge in [-0.15, -0.1) is 4.68 Å². The highest BCUT2D eigenvalue weighted by atomic mass is 16.6. The highest BCUT2D eigenvalue weighted by Crippen LogP contribution is 2.27. The van der Waals surface area contributed by atoms with Gasteiger partial charge in [-0.3, -0.25) is 19.9 Å². The molecule has 3 rings (SSSR count). The molecule has 0 saturated heterocycles. The van der Waals surface area contributed by atoms with Crippen molar-refractivity contribution in [2.24, 2.45) is 24.8 Å². The number of H-pyrrole nitrogens is 1. The number of hydroxylamine groups is 1. The maximum atomic E-state index is 13.4. The number of carbonyl (C=O) groups excluding carboxylic acids is 2. The lowest BCUT2D eigenvalue weighted by Crippen LogP contribution is -2.46. The van der Waals surface area contributed by atoms with E-state index in [0.717, 1.165) is 22.2 Å². The summed E-state index contributed by atoms with van der Waals surface area (Å²) in [4.78, 5) is 56.6. The number of carbonyl (C=O) groups is 2. The smallest absolute Gasteiger partial charge is 0.273 e. The van der Waals surface area contributed by atoms with Crippen LogP contribution in [0, 0.1) is 17.8 Å². The van der Waals surface area contributed by atoms with Crippen LogP contribution in [0.2, 0.25) is 0 Å². The van der Waals surface area contributed by atoms with Gasteiger partial charge in [0, 0.05) is 7.05 Å². The minimum absolute atomic E-state index is 0.0798. The first kappa shape index (κ1) is 27.7. The van der Waals surface area contributed by atoms with Gasteiger partial charge < -0.3 is 0 Å². The van der Waals surface area contributed by atoms with Crippen molar-refractivity contribution in [3.05, 3.63) is 92.8 Å². The Bertz CT molecular complexity index is 1260. The van der Waals surface area contributed by atoms with E-state index < -0.39 is 35.0 Å². The third kappa shape index (κ3) is 8.04. The molecule has 1 heterocycles. The summed E-state index contributed by atoms with van der Waals surface area (Å²) in [6.07, 6.45) is 2.20. The van der Waals surface area contributed by atoms with Gasteiger partial charge >= 0.3 is 11.4 Å². The van der Waals surface area contributed by atoms with E-state index in [4.69, 9.17) is 4.84 Å². The second-order valence-electron chi connectivity index (χ2n) is 9.53. The number of hydrogen-bond acceptors (Lipinski definition) is 5. The summed E-state index contributed by atoms with van der Waals surface area (Å²) in [6.45, 7) is 4.08. The molecule has 0 spiro atoms. The molecule has 3 aromatic rings. The van der Waals surface area contributed by atoms with Crippen molar-refractivity contribution < 1.29 is 14.4 Å². The Morgan fingerprint density at radius 3 is 2.11 bits per heavy atom. The van der Waals surface area contributed by atoms with Crippen molar-refractivity contribution in [2.75, 3.05) is 5.43 Å². The lowest BCUT2D eigenvalue weighted by Gasteiger charge is -2.27. The molecule has 0 bridgehead atoms. The fourth-order valence-electron chi connectivity index (χ4n) is 4.26. The molecule has 10 nitrogen and oxygen atoms in total. The van der Waals surface area contributed by atoms with E-state index in [9.17, 15) is 19.2 Å². The first-order chi connectivity index (χ1) is 17.8. The van der Waals surface area contributed by atoms with Gasteiger partial charge in [0.15, 0.2) is 0 Å². The standard InChI is InChI=1S/C27H35N5O5/c1-19(2)17-23(24(33)28-32-26(35)29-31(3)27(32)36)22(16-10-15-20-11-6-4-7-12-20)25(34)30-37-18-21-13-8-5-9-14-21/h4-9,11-14,19,22-23H,10,15-18H2,1-3H3,(H,28,33)(H,29,35)(H,30,34)/t22-,23?/m0/s1. The number of aromatic amines is 1. The van der Waals surface area contributed by atoms with E-state index in [1.165, 1.54) is 7.05 Å². The molecule has 2 atom stereocenters. The van der Waals surface area contributed by atoms with Crippen LogP contribution in [0.1, 0.15) is 44.2 Å². The molecule has 10 heteroatoms. The Balaban J connectivity index is 1.78. The molecule has 3 N–H and O–H groups in total. The summed E-state index contributed by atoms with van der Waals surface area (Å²) in [5, 5.41) is 2.31. The van der Waals surface area contributed by atoms with Crippen LogP contribution in [0.15, 0.2) is 70.3 Å². The largest absolute Gasteiger partial charge is 0.366 e. The first-order valence-electron chi connectivity index (χ1n) is 12.4. The fraction of sp³-hybridized carbons (Fsp3) is 0.407. The normalized spacial score (nSPS) is 12.8. The van der Waals surface area contributed by atoms with Crippen molar-refractivity contribution in [3.8, 4) is 0 Å². The Kier molecular flexibility index (Phi) is 10.0. The van der Waals surface area contributed by atoms with Crippen molar-refractivity contribution in [3.63, 3.8) is 0 Å². The van der Waals surface area contributed by atoms with Crippen LogP contribution in [-0.4, -0.2) is 26.3 Å². The van der Waals surface area contributed by atoms with Crippen LogP contribution in [0.3, 0.4) is 0 Å². The molecule has 0 aliphatic rings. The summed E-state index contributed by atoms with van der Waals surface area (Å²) in [6, 6.07) is 19.3. The maximum absolute atomic E-state index is 13.4. The van der Waals surface area contributed by atoms with Crippen LogP contribution in [0.4, 0.5) is 0 Å². The second-order valence-corrected chi connectivity index (χ2v) is 9.53. The minimum atomic E-state index is -0.789. The molecule has 0 radical (unpaired) electrons. The van der Waals surface area contributed by atoms with E-state index in [2.05, 4.69) is 16.0 Å². The third-order valence-electron chi connectivity index (χ3n) is 6.13. The number of amides is 2. The second kappa shape index (κ2) is 13.4. The topological polar surface area (TPSA) is 127 Å². The van der Waals surface area contributed by atoms with E-state index in [-0.39, 0.29) is 12.5 Å². The minimum Gasteiger partial charge on any atom is -0.273 e. The quantitative estimate of drug-likeness (QED) is 0.305. The van der Waals surface area contributed by atoms with Gasteiger partial charge in [-0.05, 0) is 42.7 Å². The summed E-state index contributed by atoms with van der Waals surface area (Å²) in [7, 11) is 1.38. The van der Waals surface area contributed by atoms with Gasteiger partial charge in [-0.2, -0.15) is 0 Å². The number of nitrogens with zero attached hydrogens (tertiary/aromatic N) is 2. The molecule has 0 aliphatic heterocycles. The molecular weight excluding hydrogens is 474 g/mol. The predicted molar refractivity (Wildman–Crippen MR) is 140 cm³/mol. The third-order valence-corrected chi connectivity index (χ3v) is 6.13. The Hall–Kier alpha value is -3.92. The molecule has 0 saturated carbocycles. The molecule has 1 aromatic heterocycles. The zero-order chi connectivity index (χ0) is 26.8. The lowest BCUT2D eigenvalue weighted by molar-refractivity contribution is -0.144. The zero-order valence-electron chi connectivity index (χ0n) is 21.5. The summed E-state index contributed by atoms with van der Waals surface area (Å²) >= 11 is 0. The van der Waals surface area contributed by atoms with E-state index in [1.54, 1.807) is 0 Å². The van der Waals surface area contributed by atoms with Crippen molar-refractivity contribution in [1.29, 1.82) is 0 Å². The summed E-state index contributed by atoms with van der Waals surface area (Å²) in [5.74, 6) is -2.44. The van der Waals surface area contributed by atoms with Crippen molar-refractivity contribution >= 4 is 11.8 Å². The first-order valence-corrected chi connectivity index (χ1v) is 12.4. The lowest BCUT2D eigenvalue weighted by atomic mass is 9.81. The molecule has 37 heavy (non-hydrogen) atoms. The Morgan fingerprint density at radius 2 is 1.54 bits per heavy atom. The maximum Gasteiger partial charge on any atom is 0.366 e. The van der Waals surface area contributed by atoms with Gasteiger partial charge in [-0.1, -0.05) is 74.5 Å². The monoisotopic (exact) mass is 509 g/mol. The van der Waals surface area contributed by atoms with Gasteiger partial charge in [0.2, 0.25) is 11.8 Å². The highest BCUT2D eigenvalue weighted by Gasteiger charge is 2.35. The molecule has 2 aromatic carbocycles. The predicted octanol–water partition coefficient (Wildman–Crippen LogP) is 2.49. The van der Waals surface area contributed by atoms with Crippen LogP contribution in [0.25, 0.3) is 0 Å². The average Bonchev–Trinajstić information content (AvgIpc) is 3.12. The number of aryl methyl sites for hydroxylation is 2. The van der Waals surface area contributed by atoms with Gasteiger partial charge in [0.25, 0.3) is 0 Å². The Morgan fingerprint density at radius 1 is 0.919 bits per heavy atom. The SMILES string of the molecule is CC(C)CC(C(=O)Nn1c(=O)[nH]n(C)c1=O)[C@H](CCCc1ccccc1)C(=O)NOCc1ccccc1. The van der Waals surface area contributed by atoms with E-state index in [0.29, 0.717) is 23.9 Å². The summed E-state index contributed by atoms with van der Waals surface area (Å²) in [5.41, 5.74) is 5.48. The number of nitrogens with one attached hydrogen (secondary N) is 3. The van der Waals surface area contributed by atoms with Crippen LogP contribution >= 0.6 is 0 Å². The average molecular weight is 510 g/mol. The van der Waals surface area contributed by atoms with Crippen LogP contribution in [0.5, 0.6) is 0 Å². The summed E-state index contributed by atoms with van der Waals surface area (Å²) < 4.78 is 1.60. The van der Waals surface area contributed by atoms with Gasteiger partial charge in [0.05, 0.1) is 18.4 Å². The van der Waals surface area contributed by atoms with Crippen molar-refractivity contribution in [1.82, 2.24) is 19.9 Å². The van der Waals surface area contributed by atoms with Crippen LogP contribution < -0.4 is 22.3 Å². The number of benzene rings is 2. The Labute approximate surface area is 215 Å². The zero-order valence-corrected chi connectivity index (χ0v) is 21.5. The van der Waals surface area contributed by atoms with Crippen molar-refractivity contribution in [2.45, 2.75) is 46.1 Å². The number of aromatic nitrogens is 3. The molecule has 0 aliphatic carbocycles. The number of rotatable bonds is 13. The molecule has 1 unspecified atom stereocenters. The molecule has 2 amide bonds. The van der Waals surface area contributed by atoms with Crippen LogP contribution in [-0.2, 0) is 34.5 Å². The van der Waals surface area contributed by atoms with E-state index >= 15 is 0 Å². The van der Waals surface area contributed by atoms with Gasteiger partial charge in [-0.25, -0.2) is 24.8 Å². The molecular formula is C27H35N5O5. The van der Waals surface area contributed by atoms with E-state index in [1.807, 2.05) is 74.5 Å². The number of hydrogen-bond donors (Lipinski definition) is 3. The molecule has 198 valence electrons.